The van der Waals surface area contributed by atoms with Crippen molar-refractivity contribution in [2.75, 3.05) is 6.54 Å². The van der Waals surface area contributed by atoms with Crippen molar-refractivity contribution < 1.29 is 4.79 Å². The average molecular weight is 289 g/mol. The molecule has 114 valence electrons. The first-order chi connectivity index (χ1) is 9.69. The second kappa shape index (κ2) is 4.42. The molecule has 1 saturated heterocycles. The summed E-state index contributed by atoms with van der Waals surface area (Å²) in [4.78, 5) is 26.1. The Balaban J connectivity index is 1.89. The zero-order chi connectivity index (χ0) is 15.4. The number of rotatable bonds is 1. The van der Waals surface area contributed by atoms with E-state index in [4.69, 9.17) is 0 Å². The van der Waals surface area contributed by atoms with Crippen molar-refractivity contribution in [3.63, 3.8) is 0 Å². The summed E-state index contributed by atoms with van der Waals surface area (Å²) in [5.74, 6) is -0.0444. The summed E-state index contributed by atoms with van der Waals surface area (Å²) in [5, 5.41) is 4.10. The molecule has 5 nitrogen and oxygen atoms in total. The van der Waals surface area contributed by atoms with Gasteiger partial charge in [-0.15, -0.1) is 0 Å². The fourth-order valence-corrected chi connectivity index (χ4v) is 4.46. The first-order valence-electron chi connectivity index (χ1n) is 7.55. The molecule has 1 saturated carbocycles. The molecule has 2 heterocycles. The second-order valence-electron chi connectivity index (χ2n) is 7.83. The molecule has 0 aromatic carbocycles. The topological polar surface area (TPSA) is 55.2 Å². The van der Waals surface area contributed by atoms with Crippen LogP contribution in [-0.2, 0) is 7.05 Å². The molecule has 1 amide bonds. The number of likely N-dealkylation sites (tertiary alicyclic amines) is 1. The predicted molar refractivity (Wildman–Crippen MR) is 80.0 cm³/mol. The van der Waals surface area contributed by atoms with E-state index in [1.807, 2.05) is 4.90 Å². The van der Waals surface area contributed by atoms with E-state index < -0.39 is 0 Å². The molecule has 0 radical (unpaired) electrons. The van der Waals surface area contributed by atoms with Crippen molar-refractivity contribution in [1.29, 1.82) is 0 Å². The summed E-state index contributed by atoms with van der Waals surface area (Å²) in [6.45, 7) is 7.65. The van der Waals surface area contributed by atoms with Gasteiger partial charge in [-0.2, -0.15) is 5.10 Å². The highest BCUT2D eigenvalue weighted by molar-refractivity contribution is 5.92. The number of hydrogen-bond acceptors (Lipinski definition) is 3. The predicted octanol–water partition coefficient (Wildman–Crippen LogP) is 1.82. The summed E-state index contributed by atoms with van der Waals surface area (Å²) >= 11 is 0. The first-order valence-corrected chi connectivity index (χ1v) is 7.55. The highest BCUT2D eigenvalue weighted by atomic mass is 16.2. The Bertz CT molecular complexity index is 649. The van der Waals surface area contributed by atoms with Crippen LogP contribution in [0.5, 0.6) is 0 Å². The van der Waals surface area contributed by atoms with E-state index in [2.05, 4.69) is 25.9 Å². The number of fused-ring (bicyclic) bond motifs is 2. The quantitative estimate of drug-likeness (QED) is 0.792. The molecule has 1 aromatic rings. The molecule has 2 aliphatic rings. The Hall–Kier alpha value is -1.65. The second-order valence-corrected chi connectivity index (χ2v) is 7.83. The normalized spacial score (nSPS) is 30.5. The van der Waals surface area contributed by atoms with Crippen molar-refractivity contribution in [2.24, 2.45) is 17.9 Å². The average Bonchev–Trinajstić information content (AvgIpc) is 2.61. The molecule has 2 atom stereocenters. The Morgan fingerprint density at radius 1 is 1.29 bits per heavy atom. The van der Waals surface area contributed by atoms with Crippen LogP contribution in [0.2, 0.25) is 0 Å². The smallest absolute Gasteiger partial charge is 0.274 e. The van der Waals surface area contributed by atoms with Crippen molar-refractivity contribution in [2.45, 2.75) is 46.1 Å². The minimum Gasteiger partial charge on any atom is -0.334 e. The first kappa shape index (κ1) is 14.3. The van der Waals surface area contributed by atoms with Crippen LogP contribution in [0.15, 0.2) is 16.9 Å². The summed E-state index contributed by atoms with van der Waals surface area (Å²) in [6, 6.07) is 3.25. The molecule has 1 aliphatic heterocycles. The number of aryl methyl sites for hydroxylation is 1. The number of aromatic nitrogens is 2. The van der Waals surface area contributed by atoms with E-state index >= 15 is 0 Å². The fourth-order valence-electron chi connectivity index (χ4n) is 4.46. The molecule has 1 aliphatic carbocycles. The fraction of sp³-hybridized carbons (Fsp3) is 0.688. The van der Waals surface area contributed by atoms with Crippen LogP contribution in [0, 0.1) is 10.8 Å². The van der Waals surface area contributed by atoms with Crippen LogP contribution in [0.4, 0.5) is 0 Å². The third-order valence-corrected chi connectivity index (χ3v) is 4.86. The van der Waals surface area contributed by atoms with E-state index in [-0.39, 0.29) is 22.3 Å². The number of carbonyl (C=O) groups excluding carboxylic acids is 1. The van der Waals surface area contributed by atoms with Crippen molar-refractivity contribution >= 4 is 5.91 Å². The van der Waals surface area contributed by atoms with Crippen LogP contribution in [0.25, 0.3) is 0 Å². The van der Waals surface area contributed by atoms with Gasteiger partial charge in [-0.25, -0.2) is 4.68 Å². The van der Waals surface area contributed by atoms with Crippen molar-refractivity contribution in [3.8, 4) is 0 Å². The zero-order valence-electron chi connectivity index (χ0n) is 13.2. The highest BCUT2D eigenvalue weighted by Gasteiger charge is 2.51. The van der Waals surface area contributed by atoms with Gasteiger partial charge in [-0.05, 0) is 36.2 Å². The van der Waals surface area contributed by atoms with Gasteiger partial charge in [0.05, 0.1) is 0 Å². The maximum absolute atomic E-state index is 12.8. The zero-order valence-corrected chi connectivity index (χ0v) is 13.2. The largest absolute Gasteiger partial charge is 0.334 e. The summed E-state index contributed by atoms with van der Waals surface area (Å²) in [5.41, 5.74) is 0.665. The van der Waals surface area contributed by atoms with E-state index in [1.165, 1.54) is 10.7 Å². The van der Waals surface area contributed by atoms with E-state index in [9.17, 15) is 9.59 Å². The Kier molecular flexibility index (Phi) is 3.01. The maximum Gasteiger partial charge on any atom is 0.274 e. The monoisotopic (exact) mass is 289 g/mol. The molecule has 21 heavy (non-hydrogen) atoms. The van der Waals surface area contributed by atoms with Crippen LogP contribution < -0.4 is 5.56 Å². The van der Waals surface area contributed by atoms with Gasteiger partial charge in [0.1, 0.15) is 5.69 Å². The molecular weight excluding hydrogens is 266 g/mol. The third-order valence-electron chi connectivity index (χ3n) is 4.86. The SMILES string of the molecule is Cn1nc(C(=O)N2CC3(C)CC2CC(C)(C)C3)ccc1=O. The standard InChI is InChI=1S/C16H23N3O2/c1-15(2)7-11-8-16(3,9-15)10-19(11)14(21)12-5-6-13(20)18(4)17-12/h5-6,11H,7-10H2,1-4H3. The van der Waals surface area contributed by atoms with Gasteiger partial charge in [-0.1, -0.05) is 20.8 Å². The number of amides is 1. The van der Waals surface area contributed by atoms with Gasteiger partial charge in [0.15, 0.2) is 0 Å². The lowest BCUT2D eigenvalue weighted by atomic mass is 9.65. The van der Waals surface area contributed by atoms with E-state index in [1.54, 1.807) is 13.1 Å². The van der Waals surface area contributed by atoms with Crippen LogP contribution >= 0.6 is 0 Å². The van der Waals surface area contributed by atoms with Gasteiger partial charge in [0.25, 0.3) is 11.5 Å². The van der Waals surface area contributed by atoms with E-state index in [0.29, 0.717) is 11.7 Å². The van der Waals surface area contributed by atoms with Crippen LogP contribution in [-0.4, -0.2) is 33.2 Å². The van der Waals surface area contributed by atoms with Crippen LogP contribution in [0.1, 0.15) is 50.5 Å². The maximum atomic E-state index is 12.8. The molecular formula is C16H23N3O2. The molecule has 3 rings (SSSR count). The Morgan fingerprint density at radius 3 is 2.67 bits per heavy atom. The molecule has 2 fully saturated rings. The Morgan fingerprint density at radius 2 is 2.00 bits per heavy atom. The Labute approximate surface area is 124 Å². The van der Waals surface area contributed by atoms with Gasteiger partial charge in [-0.3, -0.25) is 9.59 Å². The third kappa shape index (κ3) is 2.49. The molecule has 5 heteroatoms. The van der Waals surface area contributed by atoms with Gasteiger partial charge in [0, 0.05) is 25.7 Å². The van der Waals surface area contributed by atoms with Gasteiger partial charge in [0.2, 0.25) is 0 Å². The molecule has 1 aromatic heterocycles. The van der Waals surface area contributed by atoms with E-state index in [0.717, 1.165) is 25.8 Å². The molecule has 0 N–H and O–H groups in total. The molecule has 0 spiro atoms. The molecule has 2 bridgehead atoms. The lowest BCUT2D eigenvalue weighted by molar-refractivity contribution is 0.0699. The number of hydrogen-bond donors (Lipinski definition) is 0. The highest BCUT2D eigenvalue weighted by Crippen LogP contribution is 2.52. The van der Waals surface area contributed by atoms with Crippen LogP contribution in [0.3, 0.4) is 0 Å². The van der Waals surface area contributed by atoms with Crippen molar-refractivity contribution in [3.05, 3.63) is 28.2 Å². The minimum atomic E-state index is -0.195. The number of nitrogens with zero attached hydrogens (tertiary/aromatic N) is 3. The molecule has 2 unspecified atom stereocenters. The lowest BCUT2D eigenvalue weighted by Gasteiger charge is -2.39. The van der Waals surface area contributed by atoms with Gasteiger partial charge < -0.3 is 4.90 Å². The summed E-state index contributed by atoms with van der Waals surface area (Å²) in [7, 11) is 1.58. The summed E-state index contributed by atoms with van der Waals surface area (Å²) < 4.78 is 1.22. The summed E-state index contributed by atoms with van der Waals surface area (Å²) in [6.07, 6.45) is 3.27. The van der Waals surface area contributed by atoms with Crippen molar-refractivity contribution in [1.82, 2.24) is 14.7 Å². The number of carbonyl (C=O) groups is 1. The van der Waals surface area contributed by atoms with Gasteiger partial charge >= 0.3 is 0 Å². The minimum absolute atomic E-state index is 0.0444. The lowest BCUT2D eigenvalue weighted by Crippen LogP contribution is -2.38.